The minimum atomic E-state index is -0.239. The monoisotopic (exact) mass is 291 g/mol. The first-order valence-electron chi connectivity index (χ1n) is 7.36. The van der Waals surface area contributed by atoms with Crippen LogP contribution >= 0.6 is 0 Å². The van der Waals surface area contributed by atoms with E-state index in [0.29, 0.717) is 11.3 Å². The molecule has 5 heteroatoms. The summed E-state index contributed by atoms with van der Waals surface area (Å²) < 4.78 is 21.2. The smallest absolute Gasteiger partial charge is 0.157 e. The number of rotatable bonds is 8. The van der Waals surface area contributed by atoms with Crippen molar-refractivity contribution in [3.05, 3.63) is 47.5 Å². The number of aryl methyl sites for hydroxylation is 1. The van der Waals surface area contributed by atoms with Crippen LogP contribution in [-0.4, -0.2) is 16.3 Å². The molecule has 1 aromatic heterocycles. The topological polar surface area (TPSA) is 39.1 Å². The van der Waals surface area contributed by atoms with Gasteiger partial charge in [0.2, 0.25) is 0 Å². The van der Waals surface area contributed by atoms with E-state index in [1.807, 2.05) is 19.2 Å². The highest BCUT2D eigenvalue weighted by Crippen LogP contribution is 2.15. The van der Waals surface area contributed by atoms with Gasteiger partial charge in [0.15, 0.2) is 5.75 Å². The van der Waals surface area contributed by atoms with Gasteiger partial charge in [0.25, 0.3) is 0 Å². The lowest BCUT2D eigenvalue weighted by Gasteiger charge is -2.08. The Kier molecular flexibility index (Phi) is 5.75. The van der Waals surface area contributed by atoms with Crippen LogP contribution < -0.4 is 10.1 Å². The second-order valence-electron chi connectivity index (χ2n) is 4.92. The molecule has 0 saturated heterocycles. The average Bonchev–Trinajstić information content (AvgIpc) is 2.96. The Labute approximate surface area is 124 Å². The molecule has 0 saturated carbocycles. The van der Waals surface area contributed by atoms with E-state index in [9.17, 15) is 4.39 Å². The molecule has 0 atom stereocenters. The summed E-state index contributed by atoms with van der Waals surface area (Å²) in [7, 11) is 0. The molecule has 0 spiro atoms. The maximum Gasteiger partial charge on any atom is 0.157 e. The van der Waals surface area contributed by atoms with Crippen molar-refractivity contribution in [3.63, 3.8) is 0 Å². The Morgan fingerprint density at radius 2 is 2.19 bits per heavy atom. The van der Waals surface area contributed by atoms with E-state index in [1.54, 1.807) is 16.9 Å². The fraction of sp³-hybridized carbons (Fsp3) is 0.438. The van der Waals surface area contributed by atoms with Crippen molar-refractivity contribution in [1.82, 2.24) is 15.1 Å². The Balaban J connectivity index is 1.96. The number of hydrogen-bond acceptors (Lipinski definition) is 3. The number of nitrogens with one attached hydrogen (secondary N) is 1. The van der Waals surface area contributed by atoms with Gasteiger partial charge in [-0.1, -0.05) is 13.0 Å². The van der Waals surface area contributed by atoms with Crippen LogP contribution in [0.4, 0.5) is 4.39 Å². The summed E-state index contributed by atoms with van der Waals surface area (Å²) in [6.07, 6.45) is 4.54. The van der Waals surface area contributed by atoms with E-state index in [2.05, 4.69) is 17.3 Å². The zero-order valence-corrected chi connectivity index (χ0v) is 12.6. The van der Waals surface area contributed by atoms with Crippen molar-refractivity contribution < 1.29 is 9.13 Å². The standard InChI is InChI=1S/C16H22FN3O/c1-3-7-18-9-13-5-6-16(17)14(8-13)12-21-15-10-19-20(4-2)11-15/h5-6,8,10-11,18H,3-4,7,9,12H2,1-2H3. The summed E-state index contributed by atoms with van der Waals surface area (Å²) in [5.74, 6) is 0.419. The highest BCUT2D eigenvalue weighted by molar-refractivity contribution is 5.25. The second kappa shape index (κ2) is 7.78. The van der Waals surface area contributed by atoms with Gasteiger partial charge >= 0.3 is 0 Å². The number of hydrogen-bond donors (Lipinski definition) is 1. The van der Waals surface area contributed by atoms with Crippen LogP contribution in [0.5, 0.6) is 5.75 Å². The third kappa shape index (κ3) is 4.56. The molecule has 4 nitrogen and oxygen atoms in total. The molecule has 0 radical (unpaired) electrons. The zero-order chi connectivity index (χ0) is 15.1. The summed E-state index contributed by atoms with van der Waals surface area (Å²) in [6, 6.07) is 5.15. The van der Waals surface area contributed by atoms with Crippen LogP contribution in [0.15, 0.2) is 30.6 Å². The molecular weight excluding hydrogens is 269 g/mol. The highest BCUT2D eigenvalue weighted by atomic mass is 19.1. The molecule has 0 aliphatic heterocycles. The minimum absolute atomic E-state index is 0.211. The van der Waals surface area contributed by atoms with E-state index in [-0.39, 0.29) is 12.4 Å². The molecule has 1 N–H and O–H groups in total. The van der Waals surface area contributed by atoms with Gasteiger partial charge in [-0.3, -0.25) is 4.68 Å². The van der Waals surface area contributed by atoms with E-state index < -0.39 is 0 Å². The molecule has 0 fully saturated rings. The van der Waals surface area contributed by atoms with Crippen molar-refractivity contribution in [2.75, 3.05) is 6.54 Å². The molecule has 114 valence electrons. The van der Waals surface area contributed by atoms with Crippen molar-refractivity contribution >= 4 is 0 Å². The molecule has 0 amide bonds. The van der Waals surface area contributed by atoms with Gasteiger partial charge in [-0.2, -0.15) is 5.10 Å². The summed E-state index contributed by atoms with van der Waals surface area (Å²) in [5.41, 5.74) is 1.63. The predicted octanol–water partition coefficient (Wildman–Crippen LogP) is 3.12. The van der Waals surface area contributed by atoms with Gasteiger partial charge in [-0.15, -0.1) is 0 Å². The maximum absolute atomic E-state index is 13.8. The Morgan fingerprint density at radius 3 is 2.90 bits per heavy atom. The highest BCUT2D eigenvalue weighted by Gasteiger charge is 2.06. The third-order valence-electron chi connectivity index (χ3n) is 3.19. The van der Waals surface area contributed by atoms with E-state index in [1.165, 1.54) is 6.07 Å². The number of ether oxygens (including phenoxy) is 1. The Bertz CT molecular complexity index is 568. The lowest BCUT2D eigenvalue weighted by atomic mass is 10.1. The van der Waals surface area contributed by atoms with Gasteiger partial charge < -0.3 is 10.1 Å². The van der Waals surface area contributed by atoms with Crippen LogP contribution in [0.25, 0.3) is 0 Å². The first-order valence-corrected chi connectivity index (χ1v) is 7.36. The van der Waals surface area contributed by atoms with E-state index in [0.717, 1.165) is 31.6 Å². The first-order chi connectivity index (χ1) is 10.2. The molecule has 0 unspecified atom stereocenters. The molecule has 2 rings (SSSR count). The largest absolute Gasteiger partial charge is 0.486 e. The average molecular weight is 291 g/mol. The van der Waals surface area contributed by atoms with Crippen LogP contribution in [0.1, 0.15) is 31.4 Å². The fourth-order valence-corrected chi connectivity index (χ4v) is 2.01. The zero-order valence-electron chi connectivity index (χ0n) is 12.6. The van der Waals surface area contributed by atoms with Crippen LogP contribution in [-0.2, 0) is 19.7 Å². The van der Waals surface area contributed by atoms with Gasteiger partial charge in [-0.05, 0) is 37.6 Å². The first kappa shape index (κ1) is 15.5. The number of aromatic nitrogens is 2. The number of halogens is 1. The van der Waals surface area contributed by atoms with Gasteiger partial charge in [0.1, 0.15) is 12.4 Å². The number of benzene rings is 1. The molecular formula is C16H22FN3O. The van der Waals surface area contributed by atoms with Crippen LogP contribution in [0, 0.1) is 5.82 Å². The molecule has 0 bridgehead atoms. The van der Waals surface area contributed by atoms with E-state index in [4.69, 9.17) is 4.74 Å². The van der Waals surface area contributed by atoms with Crippen molar-refractivity contribution in [2.24, 2.45) is 0 Å². The van der Waals surface area contributed by atoms with Gasteiger partial charge in [0, 0.05) is 18.7 Å². The predicted molar refractivity (Wildman–Crippen MR) is 80.6 cm³/mol. The lowest BCUT2D eigenvalue weighted by molar-refractivity contribution is 0.299. The van der Waals surface area contributed by atoms with Crippen LogP contribution in [0.2, 0.25) is 0 Å². The lowest BCUT2D eigenvalue weighted by Crippen LogP contribution is -2.14. The molecule has 21 heavy (non-hydrogen) atoms. The van der Waals surface area contributed by atoms with E-state index >= 15 is 0 Å². The van der Waals surface area contributed by atoms with Crippen molar-refractivity contribution in [1.29, 1.82) is 0 Å². The summed E-state index contributed by atoms with van der Waals surface area (Å²) in [5, 5.41) is 7.43. The number of nitrogens with zero attached hydrogens (tertiary/aromatic N) is 2. The molecule has 0 aliphatic rings. The maximum atomic E-state index is 13.8. The molecule has 0 aliphatic carbocycles. The normalized spacial score (nSPS) is 10.8. The van der Waals surface area contributed by atoms with Gasteiger partial charge in [0.05, 0.1) is 12.4 Å². The molecule has 2 aromatic rings. The van der Waals surface area contributed by atoms with Crippen molar-refractivity contribution in [3.8, 4) is 5.75 Å². The molecule has 1 aromatic carbocycles. The Morgan fingerprint density at radius 1 is 1.33 bits per heavy atom. The SMILES string of the molecule is CCCNCc1ccc(F)c(COc2cnn(CC)c2)c1. The second-order valence-corrected chi connectivity index (χ2v) is 4.92. The van der Waals surface area contributed by atoms with Gasteiger partial charge in [-0.25, -0.2) is 4.39 Å². The Hall–Kier alpha value is -1.88. The quantitative estimate of drug-likeness (QED) is 0.760. The summed E-state index contributed by atoms with van der Waals surface area (Å²) in [6.45, 7) is 6.82. The van der Waals surface area contributed by atoms with Crippen molar-refractivity contribution in [2.45, 2.75) is 40.0 Å². The summed E-state index contributed by atoms with van der Waals surface area (Å²) >= 11 is 0. The minimum Gasteiger partial charge on any atom is -0.486 e. The third-order valence-corrected chi connectivity index (χ3v) is 3.19. The molecule has 1 heterocycles. The van der Waals surface area contributed by atoms with Crippen LogP contribution in [0.3, 0.4) is 0 Å². The fourth-order valence-electron chi connectivity index (χ4n) is 2.01. The summed E-state index contributed by atoms with van der Waals surface area (Å²) in [4.78, 5) is 0.